The Hall–Kier alpha value is -2.51. The van der Waals surface area contributed by atoms with E-state index in [2.05, 4.69) is 12.0 Å². The molecule has 0 spiro atoms. The van der Waals surface area contributed by atoms with Gasteiger partial charge in [-0.05, 0) is 37.0 Å². The first kappa shape index (κ1) is 18.3. The molecule has 1 aromatic heterocycles. The second kappa shape index (κ2) is 7.01. The number of hydrogen-bond donors (Lipinski definition) is 0. The number of halogens is 3. The lowest BCUT2D eigenvalue weighted by molar-refractivity contribution is -0.137. The van der Waals surface area contributed by atoms with Crippen molar-refractivity contribution in [2.24, 2.45) is 5.92 Å². The van der Waals surface area contributed by atoms with Crippen LogP contribution in [-0.2, 0) is 6.18 Å². The first-order valence-corrected chi connectivity index (χ1v) is 8.40. The summed E-state index contributed by atoms with van der Waals surface area (Å²) in [5.74, 6) is 0.383. The molecule has 140 valence electrons. The van der Waals surface area contributed by atoms with Crippen molar-refractivity contribution in [1.29, 1.82) is 0 Å². The van der Waals surface area contributed by atoms with Crippen LogP contribution in [0.1, 0.15) is 35.8 Å². The Balaban J connectivity index is 1.93. The van der Waals surface area contributed by atoms with Gasteiger partial charge in [-0.3, -0.25) is 4.79 Å². The molecule has 1 aliphatic rings. The summed E-state index contributed by atoms with van der Waals surface area (Å²) >= 11 is 0. The average molecular weight is 367 g/mol. The van der Waals surface area contributed by atoms with Gasteiger partial charge in [-0.2, -0.15) is 18.3 Å². The zero-order valence-corrected chi connectivity index (χ0v) is 14.6. The number of methoxy groups -OCH3 is 1. The maximum absolute atomic E-state index is 12.9. The smallest absolute Gasteiger partial charge is 0.416 e. The van der Waals surface area contributed by atoms with Gasteiger partial charge >= 0.3 is 6.18 Å². The molecule has 8 heteroatoms. The zero-order chi connectivity index (χ0) is 18.9. The lowest BCUT2D eigenvalue weighted by Crippen LogP contribution is -2.39. The zero-order valence-electron chi connectivity index (χ0n) is 14.6. The normalized spacial score (nSPS) is 18.0. The molecular weight excluding hydrogens is 347 g/mol. The molecule has 1 saturated heterocycles. The van der Waals surface area contributed by atoms with Gasteiger partial charge in [0.2, 0.25) is 0 Å². The molecule has 3 rings (SSSR count). The third kappa shape index (κ3) is 3.68. The summed E-state index contributed by atoms with van der Waals surface area (Å²) in [7, 11) is 1.41. The molecule has 0 bridgehead atoms. The molecule has 1 amide bonds. The second-order valence-corrected chi connectivity index (χ2v) is 6.54. The van der Waals surface area contributed by atoms with Gasteiger partial charge in [-0.15, -0.1) is 0 Å². The minimum absolute atomic E-state index is 0.110. The lowest BCUT2D eigenvalue weighted by atomic mass is 10.00. The molecule has 1 aliphatic heterocycles. The van der Waals surface area contributed by atoms with Gasteiger partial charge in [0.25, 0.3) is 5.91 Å². The molecule has 1 atom stereocenters. The van der Waals surface area contributed by atoms with Gasteiger partial charge in [-0.25, -0.2) is 4.68 Å². The van der Waals surface area contributed by atoms with E-state index in [0.29, 0.717) is 19.0 Å². The molecule has 26 heavy (non-hydrogen) atoms. The van der Waals surface area contributed by atoms with Crippen molar-refractivity contribution in [3.8, 4) is 11.4 Å². The highest BCUT2D eigenvalue weighted by Crippen LogP contribution is 2.31. The van der Waals surface area contributed by atoms with Gasteiger partial charge < -0.3 is 9.64 Å². The Labute approximate surface area is 149 Å². The number of likely N-dealkylation sites (tertiary alicyclic amines) is 1. The maximum Gasteiger partial charge on any atom is 0.416 e. The number of hydrogen-bond acceptors (Lipinski definition) is 3. The van der Waals surface area contributed by atoms with E-state index >= 15 is 0 Å². The van der Waals surface area contributed by atoms with Crippen molar-refractivity contribution >= 4 is 5.91 Å². The third-order valence-electron chi connectivity index (χ3n) is 4.49. The molecule has 0 aliphatic carbocycles. The number of alkyl halides is 3. The van der Waals surface area contributed by atoms with Crippen LogP contribution >= 0.6 is 0 Å². The predicted molar refractivity (Wildman–Crippen MR) is 89.4 cm³/mol. The van der Waals surface area contributed by atoms with Crippen LogP contribution in [0, 0.1) is 5.92 Å². The summed E-state index contributed by atoms with van der Waals surface area (Å²) in [4.78, 5) is 14.5. The van der Waals surface area contributed by atoms with E-state index in [1.54, 1.807) is 4.90 Å². The Bertz CT molecular complexity index is 801. The molecular formula is C18H20F3N3O2. The Morgan fingerprint density at radius 1 is 1.35 bits per heavy atom. The average Bonchev–Trinajstić information content (AvgIpc) is 3.05. The first-order valence-electron chi connectivity index (χ1n) is 8.40. The molecule has 0 radical (unpaired) electrons. The van der Waals surface area contributed by atoms with Crippen LogP contribution in [0.2, 0.25) is 0 Å². The van der Waals surface area contributed by atoms with Crippen molar-refractivity contribution in [2.75, 3.05) is 20.2 Å². The first-order chi connectivity index (χ1) is 12.3. The van der Waals surface area contributed by atoms with Gasteiger partial charge in [0, 0.05) is 13.1 Å². The largest absolute Gasteiger partial charge is 0.493 e. The molecule has 5 nitrogen and oxygen atoms in total. The van der Waals surface area contributed by atoms with E-state index in [4.69, 9.17) is 4.74 Å². The van der Waals surface area contributed by atoms with Crippen LogP contribution in [0.5, 0.6) is 5.75 Å². The predicted octanol–water partition coefficient (Wildman–Crippen LogP) is 3.77. The second-order valence-electron chi connectivity index (χ2n) is 6.54. The Morgan fingerprint density at radius 3 is 2.77 bits per heavy atom. The van der Waals surface area contributed by atoms with Crippen LogP contribution in [0.15, 0.2) is 30.5 Å². The van der Waals surface area contributed by atoms with Crippen LogP contribution in [0.4, 0.5) is 13.2 Å². The topological polar surface area (TPSA) is 47.4 Å². The molecule has 2 aromatic rings. The summed E-state index contributed by atoms with van der Waals surface area (Å²) in [5.41, 5.74) is -0.453. The van der Waals surface area contributed by atoms with Gasteiger partial charge in [0.15, 0.2) is 11.4 Å². The molecule has 1 fully saturated rings. The third-order valence-corrected chi connectivity index (χ3v) is 4.49. The molecule has 0 N–H and O–H groups in total. The standard InChI is InChI=1S/C18H20F3N3O2/c1-12-5-4-8-23(10-12)17(25)16-15(26-2)11-24(22-16)14-7-3-6-13(9-14)18(19,20)21/h3,6-7,9,11-12H,4-5,8,10H2,1-2H3/t12-/m0/s1. The fourth-order valence-corrected chi connectivity index (χ4v) is 3.14. The number of carbonyl (C=O) groups is 1. The van der Waals surface area contributed by atoms with E-state index in [9.17, 15) is 18.0 Å². The maximum atomic E-state index is 12.9. The highest BCUT2D eigenvalue weighted by Gasteiger charge is 2.31. The van der Waals surface area contributed by atoms with E-state index in [0.717, 1.165) is 25.0 Å². The number of rotatable bonds is 3. The lowest BCUT2D eigenvalue weighted by Gasteiger charge is -2.30. The number of carbonyl (C=O) groups excluding carboxylic acids is 1. The number of ether oxygens (including phenoxy) is 1. The van der Waals surface area contributed by atoms with Crippen molar-refractivity contribution in [1.82, 2.24) is 14.7 Å². The summed E-state index contributed by atoms with van der Waals surface area (Å²) in [6.45, 7) is 3.36. The van der Waals surface area contributed by atoms with E-state index < -0.39 is 11.7 Å². The fourth-order valence-electron chi connectivity index (χ4n) is 3.14. The van der Waals surface area contributed by atoms with E-state index in [-0.39, 0.29) is 23.0 Å². The highest BCUT2D eigenvalue weighted by molar-refractivity contribution is 5.95. The minimum atomic E-state index is -4.45. The molecule has 1 aromatic carbocycles. The summed E-state index contributed by atoms with van der Waals surface area (Å²) in [5, 5.41) is 4.21. The summed E-state index contributed by atoms with van der Waals surface area (Å²) < 4.78 is 45.3. The summed E-state index contributed by atoms with van der Waals surface area (Å²) in [6.07, 6.45) is -1.03. The Morgan fingerprint density at radius 2 is 2.12 bits per heavy atom. The van der Waals surface area contributed by atoms with Crippen LogP contribution in [0.25, 0.3) is 5.69 Å². The quantitative estimate of drug-likeness (QED) is 0.830. The van der Waals surface area contributed by atoms with Crippen LogP contribution < -0.4 is 4.74 Å². The Kier molecular flexibility index (Phi) is 4.93. The monoisotopic (exact) mass is 367 g/mol. The van der Waals surface area contributed by atoms with Crippen LogP contribution in [-0.4, -0.2) is 40.8 Å². The highest BCUT2D eigenvalue weighted by atomic mass is 19.4. The van der Waals surface area contributed by atoms with Crippen molar-refractivity contribution < 1.29 is 22.7 Å². The molecule has 0 unspecified atom stereocenters. The SMILES string of the molecule is COc1cn(-c2cccc(C(F)(F)F)c2)nc1C(=O)N1CCC[C@H](C)C1. The van der Waals surface area contributed by atoms with Gasteiger partial charge in [0.05, 0.1) is 24.6 Å². The minimum Gasteiger partial charge on any atom is -0.493 e. The summed E-state index contributed by atoms with van der Waals surface area (Å²) in [6, 6.07) is 4.79. The van der Waals surface area contributed by atoms with Crippen molar-refractivity contribution in [3.05, 3.63) is 41.7 Å². The molecule has 0 saturated carbocycles. The molecule has 2 heterocycles. The van der Waals surface area contributed by atoms with Crippen molar-refractivity contribution in [2.45, 2.75) is 25.9 Å². The number of aromatic nitrogens is 2. The number of nitrogens with zero attached hydrogens (tertiary/aromatic N) is 3. The van der Waals surface area contributed by atoms with Gasteiger partial charge in [-0.1, -0.05) is 13.0 Å². The van der Waals surface area contributed by atoms with E-state index in [1.165, 1.54) is 30.1 Å². The van der Waals surface area contributed by atoms with E-state index in [1.807, 2.05) is 0 Å². The number of benzene rings is 1. The fraction of sp³-hybridized carbons (Fsp3) is 0.444. The number of piperidine rings is 1. The van der Waals surface area contributed by atoms with Crippen molar-refractivity contribution in [3.63, 3.8) is 0 Å². The van der Waals surface area contributed by atoms with Crippen LogP contribution in [0.3, 0.4) is 0 Å². The number of amides is 1. The van der Waals surface area contributed by atoms with Gasteiger partial charge in [0.1, 0.15) is 0 Å².